The summed E-state index contributed by atoms with van der Waals surface area (Å²) in [5, 5.41) is 14.8. The number of carboxylic acids is 1. The van der Waals surface area contributed by atoms with Crippen molar-refractivity contribution in [3.05, 3.63) is 65.9 Å². The van der Waals surface area contributed by atoms with Crippen LogP contribution in [0.5, 0.6) is 0 Å². The standard InChI is InChI=1S/C19H20N2O3.Na.H/c1-19(2,18(22)23)24-13-16-15-10-6-7-11-17(15)21(20-16)12-14-8-4-3-5-9-14;;/h3-11H,12-13H2,1-2H3,(H,22,23);;/q;+1;-1. The molecule has 3 aromatic rings. The number of ether oxygens (including phenoxy) is 1. The molecule has 6 heteroatoms. The molecule has 0 aliphatic rings. The average molecular weight is 348 g/mol. The number of fused-ring (bicyclic) bond motifs is 1. The van der Waals surface area contributed by atoms with Crippen LogP contribution in [0.3, 0.4) is 0 Å². The maximum atomic E-state index is 11.2. The Morgan fingerprint density at radius 2 is 1.80 bits per heavy atom. The molecule has 1 heterocycles. The summed E-state index contributed by atoms with van der Waals surface area (Å²) in [5.41, 5.74) is 1.66. The summed E-state index contributed by atoms with van der Waals surface area (Å²) in [5.74, 6) is -0.990. The summed E-state index contributed by atoms with van der Waals surface area (Å²) in [4.78, 5) is 11.2. The third kappa shape index (κ3) is 4.50. The predicted octanol–water partition coefficient (Wildman–Crippen LogP) is 0.581. The number of carbonyl (C=O) groups is 1. The molecule has 0 unspecified atom stereocenters. The van der Waals surface area contributed by atoms with E-state index in [1.165, 1.54) is 0 Å². The van der Waals surface area contributed by atoms with Crippen LogP contribution in [0.1, 0.15) is 26.5 Å². The number of para-hydroxylation sites is 1. The van der Waals surface area contributed by atoms with E-state index in [2.05, 4.69) is 17.2 Å². The quantitative estimate of drug-likeness (QED) is 0.662. The van der Waals surface area contributed by atoms with Gasteiger partial charge < -0.3 is 11.3 Å². The molecule has 0 amide bonds. The fraction of sp³-hybridized carbons (Fsp3) is 0.263. The third-order valence-electron chi connectivity index (χ3n) is 3.99. The first kappa shape index (κ1) is 19.7. The van der Waals surface area contributed by atoms with Gasteiger partial charge in [0.15, 0.2) is 5.60 Å². The Labute approximate surface area is 170 Å². The van der Waals surface area contributed by atoms with Gasteiger partial charge in [0.05, 0.1) is 24.4 Å². The van der Waals surface area contributed by atoms with Gasteiger partial charge in [-0.2, -0.15) is 5.10 Å². The minimum Gasteiger partial charge on any atom is -1.00 e. The van der Waals surface area contributed by atoms with Gasteiger partial charge in [-0.1, -0.05) is 48.5 Å². The number of benzene rings is 2. The first-order valence-electron chi connectivity index (χ1n) is 7.83. The second-order valence-corrected chi connectivity index (χ2v) is 6.21. The van der Waals surface area contributed by atoms with Crippen LogP contribution >= 0.6 is 0 Å². The van der Waals surface area contributed by atoms with E-state index in [-0.39, 0.29) is 37.6 Å². The summed E-state index contributed by atoms with van der Waals surface area (Å²) in [6.07, 6.45) is 0. The van der Waals surface area contributed by atoms with Crippen molar-refractivity contribution in [2.45, 2.75) is 32.6 Å². The zero-order valence-corrected chi connectivity index (χ0v) is 16.8. The minimum atomic E-state index is -1.25. The van der Waals surface area contributed by atoms with Crippen molar-refractivity contribution in [3.63, 3.8) is 0 Å². The molecule has 0 saturated carbocycles. The van der Waals surface area contributed by atoms with E-state index in [9.17, 15) is 9.90 Å². The molecule has 0 fully saturated rings. The third-order valence-corrected chi connectivity index (χ3v) is 3.99. The van der Waals surface area contributed by atoms with Gasteiger partial charge in [0.2, 0.25) is 0 Å². The van der Waals surface area contributed by atoms with Crippen LogP contribution in [0.2, 0.25) is 0 Å². The molecule has 2 aromatic carbocycles. The van der Waals surface area contributed by atoms with Crippen LogP contribution in [0.4, 0.5) is 0 Å². The molecule has 0 atom stereocenters. The van der Waals surface area contributed by atoms with Crippen LogP contribution < -0.4 is 29.6 Å². The maximum absolute atomic E-state index is 11.2. The summed E-state index contributed by atoms with van der Waals surface area (Å²) >= 11 is 0. The fourth-order valence-electron chi connectivity index (χ4n) is 2.49. The van der Waals surface area contributed by atoms with Crippen LogP contribution in [-0.2, 0) is 22.7 Å². The van der Waals surface area contributed by atoms with Crippen LogP contribution in [0.15, 0.2) is 54.6 Å². The van der Waals surface area contributed by atoms with Crippen LogP contribution in [-0.4, -0.2) is 26.5 Å². The largest absolute Gasteiger partial charge is 1.00 e. The molecule has 25 heavy (non-hydrogen) atoms. The first-order chi connectivity index (χ1) is 11.5. The van der Waals surface area contributed by atoms with Gasteiger partial charge in [-0.05, 0) is 25.5 Å². The number of nitrogens with zero attached hydrogens (tertiary/aromatic N) is 2. The second kappa shape index (κ2) is 8.15. The maximum Gasteiger partial charge on any atom is 1.00 e. The zero-order valence-electron chi connectivity index (χ0n) is 15.8. The van der Waals surface area contributed by atoms with Crippen LogP contribution in [0.25, 0.3) is 10.9 Å². The Morgan fingerprint density at radius 1 is 1.16 bits per heavy atom. The van der Waals surface area contributed by atoms with Crippen molar-refractivity contribution in [3.8, 4) is 0 Å². The predicted molar refractivity (Wildman–Crippen MR) is 92.9 cm³/mol. The summed E-state index contributed by atoms with van der Waals surface area (Å²) in [7, 11) is 0. The Balaban J connectivity index is 0.00000169. The average Bonchev–Trinajstić information content (AvgIpc) is 2.92. The molecule has 0 spiro atoms. The van der Waals surface area contributed by atoms with Crippen LogP contribution in [0, 0.1) is 0 Å². The van der Waals surface area contributed by atoms with E-state index < -0.39 is 11.6 Å². The smallest absolute Gasteiger partial charge is 1.00 e. The van der Waals surface area contributed by atoms with E-state index in [0.717, 1.165) is 22.2 Å². The summed E-state index contributed by atoms with van der Waals surface area (Å²) in [6, 6.07) is 18.0. The minimum absolute atomic E-state index is 0. The van der Waals surface area contributed by atoms with Gasteiger partial charge >= 0.3 is 35.5 Å². The van der Waals surface area contributed by atoms with Crippen molar-refractivity contribution >= 4 is 16.9 Å². The van der Waals surface area contributed by atoms with Gasteiger partial charge in [0.25, 0.3) is 0 Å². The Hall–Kier alpha value is -1.66. The first-order valence-corrected chi connectivity index (χ1v) is 7.83. The van der Waals surface area contributed by atoms with E-state index in [1.807, 2.05) is 47.1 Å². The van der Waals surface area contributed by atoms with Crippen molar-refractivity contribution in [2.75, 3.05) is 0 Å². The molecule has 0 radical (unpaired) electrons. The molecule has 5 nitrogen and oxygen atoms in total. The number of rotatable bonds is 6. The fourth-order valence-corrected chi connectivity index (χ4v) is 2.49. The summed E-state index contributed by atoms with van der Waals surface area (Å²) in [6.45, 7) is 3.89. The topological polar surface area (TPSA) is 64.4 Å². The molecular formula is C19H21N2NaO3. The Bertz CT molecular complexity index is 866. The van der Waals surface area contributed by atoms with E-state index in [0.29, 0.717) is 6.54 Å². The Morgan fingerprint density at radius 3 is 2.48 bits per heavy atom. The van der Waals surface area contributed by atoms with E-state index in [1.54, 1.807) is 13.8 Å². The SMILES string of the molecule is CC(C)(OCc1nn(Cc2ccccc2)c2ccccc12)C(=O)O.[H-].[Na+]. The van der Waals surface area contributed by atoms with Gasteiger partial charge in [-0.3, -0.25) is 4.68 Å². The zero-order chi connectivity index (χ0) is 17.2. The second-order valence-electron chi connectivity index (χ2n) is 6.21. The number of aliphatic carboxylic acids is 1. The molecular weight excluding hydrogens is 327 g/mol. The van der Waals surface area contributed by atoms with E-state index in [4.69, 9.17) is 4.74 Å². The van der Waals surface area contributed by atoms with Gasteiger partial charge in [-0.15, -0.1) is 0 Å². The monoisotopic (exact) mass is 348 g/mol. The molecule has 0 aliphatic heterocycles. The van der Waals surface area contributed by atoms with Gasteiger partial charge in [-0.25, -0.2) is 4.79 Å². The van der Waals surface area contributed by atoms with Crippen molar-refractivity contribution in [1.29, 1.82) is 0 Å². The van der Waals surface area contributed by atoms with E-state index >= 15 is 0 Å². The molecule has 126 valence electrons. The molecule has 1 N–H and O–H groups in total. The number of carboxylic acid groups (broad SMARTS) is 1. The molecule has 3 rings (SSSR count). The van der Waals surface area contributed by atoms with Crippen molar-refractivity contribution in [2.24, 2.45) is 0 Å². The molecule has 1 aromatic heterocycles. The van der Waals surface area contributed by atoms with Gasteiger partial charge in [0.1, 0.15) is 0 Å². The number of hydrogen-bond acceptors (Lipinski definition) is 3. The van der Waals surface area contributed by atoms with Crippen molar-refractivity contribution < 1.29 is 45.6 Å². The van der Waals surface area contributed by atoms with Crippen molar-refractivity contribution in [1.82, 2.24) is 9.78 Å². The molecule has 0 bridgehead atoms. The molecule has 0 saturated heterocycles. The molecule has 0 aliphatic carbocycles. The number of hydrogen-bond donors (Lipinski definition) is 1. The number of aromatic nitrogens is 2. The Kier molecular flexibility index (Phi) is 6.41. The summed E-state index contributed by atoms with van der Waals surface area (Å²) < 4.78 is 7.50. The van der Waals surface area contributed by atoms with Gasteiger partial charge in [0, 0.05) is 5.39 Å². The normalized spacial score (nSPS) is 11.3.